The van der Waals surface area contributed by atoms with Gasteiger partial charge in [0.1, 0.15) is 0 Å². The maximum atomic E-state index is 3.50. The molecular weight excluding hydrogens is 224 g/mol. The van der Waals surface area contributed by atoms with Gasteiger partial charge < -0.3 is 5.32 Å². The van der Waals surface area contributed by atoms with Crippen LogP contribution < -0.4 is 5.32 Å². The van der Waals surface area contributed by atoms with Crippen molar-refractivity contribution in [2.75, 3.05) is 38.4 Å². The second-order valence-electron chi connectivity index (χ2n) is 4.30. The Morgan fingerprint density at radius 1 is 1.40 bits per heavy atom. The molecule has 0 spiro atoms. The quantitative estimate of drug-likeness (QED) is 0.770. The van der Waals surface area contributed by atoms with Crippen LogP contribution in [0.5, 0.6) is 0 Å². The molecule has 0 aliphatic carbocycles. The third kappa shape index (κ3) is 3.84. The topological polar surface area (TPSA) is 15.3 Å². The van der Waals surface area contributed by atoms with Gasteiger partial charge in [-0.1, -0.05) is 0 Å². The first kappa shape index (κ1) is 13.7. The number of hydrogen-bond acceptors (Lipinski definition) is 4. The number of nitrogens with zero attached hydrogens (tertiary/aromatic N) is 1. The molecule has 0 saturated carbocycles. The first-order valence-corrected chi connectivity index (χ1v) is 8.33. The van der Waals surface area contributed by atoms with E-state index in [0.29, 0.717) is 6.04 Å². The maximum absolute atomic E-state index is 3.50. The van der Waals surface area contributed by atoms with Crippen molar-refractivity contribution in [2.24, 2.45) is 0 Å². The molecule has 1 aliphatic heterocycles. The molecule has 3 unspecified atom stereocenters. The smallest absolute Gasteiger partial charge is 0.0351 e. The van der Waals surface area contributed by atoms with Crippen molar-refractivity contribution in [1.82, 2.24) is 10.2 Å². The Balaban J connectivity index is 2.40. The van der Waals surface area contributed by atoms with E-state index in [-0.39, 0.29) is 0 Å². The van der Waals surface area contributed by atoms with Gasteiger partial charge in [-0.2, -0.15) is 23.5 Å². The van der Waals surface area contributed by atoms with E-state index < -0.39 is 0 Å². The standard InChI is InChI=1S/C11H24N2S2/c1-9(5-6-14-3)13(2)10-7-12-8-11(10)15-4/h9-12H,5-8H2,1-4H3. The van der Waals surface area contributed by atoms with Crippen molar-refractivity contribution in [1.29, 1.82) is 0 Å². The summed E-state index contributed by atoms with van der Waals surface area (Å²) in [6, 6.07) is 1.42. The predicted octanol–water partition coefficient (Wildman–Crippen LogP) is 1.76. The molecule has 0 aromatic heterocycles. The van der Waals surface area contributed by atoms with Gasteiger partial charge in [0, 0.05) is 30.4 Å². The highest BCUT2D eigenvalue weighted by molar-refractivity contribution is 7.99. The van der Waals surface area contributed by atoms with Gasteiger partial charge in [-0.25, -0.2) is 0 Å². The van der Waals surface area contributed by atoms with Crippen molar-refractivity contribution < 1.29 is 0 Å². The molecule has 3 atom stereocenters. The number of likely N-dealkylation sites (N-methyl/N-ethyl adjacent to an activating group) is 1. The van der Waals surface area contributed by atoms with E-state index in [2.05, 4.69) is 36.7 Å². The molecule has 1 saturated heterocycles. The summed E-state index contributed by atoms with van der Waals surface area (Å²) in [6.45, 7) is 4.68. The number of rotatable bonds is 6. The van der Waals surface area contributed by atoms with Gasteiger partial charge in [0.15, 0.2) is 0 Å². The third-order valence-corrected chi connectivity index (χ3v) is 5.12. The molecule has 15 heavy (non-hydrogen) atoms. The number of nitrogens with one attached hydrogen (secondary N) is 1. The summed E-state index contributed by atoms with van der Waals surface area (Å²) < 4.78 is 0. The second-order valence-corrected chi connectivity index (χ2v) is 6.36. The minimum Gasteiger partial charge on any atom is -0.314 e. The minimum atomic E-state index is 0.706. The first-order valence-electron chi connectivity index (χ1n) is 5.65. The summed E-state index contributed by atoms with van der Waals surface area (Å²) in [5, 5.41) is 4.27. The molecule has 1 heterocycles. The Morgan fingerprint density at radius 2 is 2.13 bits per heavy atom. The zero-order valence-electron chi connectivity index (χ0n) is 10.3. The highest BCUT2D eigenvalue weighted by Crippen LogP contribution is 2.21. The lowest BCUT2D eigenvalue weighted by Gasteiger charge is -2.33. The Morgan fingerprint density at radius 3 is 2.73 bits per heavy atom. The fourth-order valence-corrected chi connectivity index (χ4v) is 3.57. The van der Waals surface area contributed by atoms with Gasteiger partial charge in [0.05, 0.1) is 0 Å². The van der Waals surface area contributed by atoms with E-state index in [0.717, 1.165) is 17.8 Å². The normalized spacial score (nSPS) is 28.6. The summed E-state index contributed by atoms with van der Waals surface area (Å²) in [4.78, 5) is 2.57. The van der Waals surface area contributed by atoms with Crippen LogP contribution in [0.25, 0.3) is 0 Å². The molecule has 1 rings (SSSR count). The van der Waals surface area contributed by atoms with Crippen molar-refractivity contribution in [3.63, 3.8) is 0 Å². The van der Waals surface area contributed by atoms with Crippen LogP contribution in [0.3, 0.4) is 0 Å². The molecule has 0 aromatic carbocycles. The molecule has 1 fully saturated rings. The van der Waals surface area contributed by atoms with Crippen molar-refractivity contribution in [3.05, 3.63) is 0 Å². The lowest BCUT2D eigenvalue weighted by molar-refractivity contribution is 0.195. The van der Waals surface area contributed by atoms with Gasteiger partial charge >= 0.3 is 0 Å². The van der Waals surface area contributed by atoms with Crippen LogP contribution in [-0.2, 0) is 0 Å². The van der Waals surface area contributed by atoms with Gasteiger partial charge in [-0.05, 0) is 38.7 Å². The molecule has 0 radical (unpaired) electrons. The SMILES string of the molecule is CSCCC(C)N(C)C1CNCC1SC. The second kappa shape index (κ2) is 7.05. The molecule has 1 aliphatic rings. The Bertz CT molecular complexity index is 178. The lowest BCUT2D eigenvalue weighted by atomic mass is 10.1. The third-order valence-electron chi connectivity index (χ3n) is 3.39. The summed E-state index contributed by atoms with van der Waals surface area (Å²) in [7, 11) is 2.28. The first-order chi connectivity index (χ1) is 7.20. The fourth-order valence-electron chi connectivity index (χ4n) is 2.11. The van der Waals surface area contributed by atoms with Gasteiger partial charge in [-0.15, -0.1) is 0 Å². The molecule has 4 heteroatoms. The van der Waals surface area contributed by atoms with Gasteiger partial charge in [0.25, 0.3) is 0 Å². The van der Waals surface area contributed by atoms with E-state index in [1.54, 1.807) is 0 Å². The molecule has 0 amide bonds. The molecule has 1 N–H and O–H groups in total. The monoisotopic (exact) mass is 248 g/mol. The summed E-state index contributed by atoms with van der Waals surface area (Å²) >= 11 is 3.95. The molecule has 90 valence electrons. The largest absolute Gasteiger partial charge is 0.314 e. The van der Waals surface area contributed by atoms with Gasteiger partial charge in [-0.3, -0.25) is 4.90 Å². The summed E-state index contributed by atoms with van der Waals surface area (Å²) in [5.74, 6) is 1.27. The average molecular weight is 248 g/mol. The number of thioether (sulfide) groups is 2. The zero-order valence-corrected chi connectivity index (χ0v) is 12.0. The average Bonchev–Trinajstić information content (AvgIpc) is 2.72. The van der Waals surface area contributed by atoms with Crippen LogP contribution in [0.1, 0.15) is 13.3 Å². The van der Waals surface area contributed by atoms with Gasteiger partial charge in [0.2, 0.25) is 0 Å². The predicted molar refractivity (Wildman–Crippen MR) is 74.2 cm³/mol. The van der Waals surface area contributed by atoms with E-state index >= 15 is 0 Å². The van der Waals surface area contributed by atoms with Crippen LogP contribution >= 0.6 is 23.5 Å². The highest BCUT2D eigenvalue weighted by Gasteiger charge is 2.31. The fraction of sp³-hybridized carbons (Fsp3) is 1.00. The molecule has 2 nitrogen and oxygen atoms in total. The van der Waals surface area contributed by atoms with E-state index in [4.69, 9.17) is 0 Å². The van der Waals surface area contributed by atoms with Crippen LogP contribution in [0.2, 0.25) is 0 Å². The summed E-state index contributed by atoms with van der Waals surface area (Å²) in [6.07, 6.45) is 5.72. The Labute approximate surface area is 103 Å². The Kier molecular flexibility index (Phi) is 6.43. The van der Waals surface area contributed by atoms with Crippen LogP contribution in [0.4, 0.5) is 0 Å². The van der Waals surface area contributed by atoms with E-state index in [1.165, 1.54) is 18.7 Å². The molecule has 0 aromatic rings. The molecular formula is C11H24N2S2. The number of hydrogen-bond donors (Lipinski definition) is 1. The minimum absolute atomic E-state index is 0.706. The van der Waals surface area contributed by atoms with E-state index in [1.807, 2.05) is 23.5 Å². The highest BCUT2D eigenvalue weighted by atomic mass is 32.2. The lowest BCUT2D eigenvalue weighted by Crippen LogP contribution is -2.44. The van der Waals surface area contributed by atoms with Crippen molar-refractivity contribution in [2.45, 2.75) is 30.7 Å². The van der Waals surface area contributed by atoms with Crippen molar-refractivity contribution in [3.8, 4) is 0 Å². The van der Waals surface area contributed by atoms with Crippen LogP contribution in [-0.4, -0.2) is 60.6 Å². The zero-order chi connectivity index (χ0) is 11.3. The van der Waals surface area contributed by atoms with E-state index in [9.17, 15) is 0 Å². The van der Waals surface area contributed by atoms with Crippen LogP contribution in [0, 0.1) is 0 Å². The van der Waals surface area contributed by atoms with Crippen LogP contribution in [0.15, 0.2) is 0 Å². The maximum Gasteiger partial charge on any atom is 0.0351 e. The summed E-state index contributed by atoms with van der Waals surface area (Å²) in [5.41, 5.74) is 0. The van der Waals surface area contributed by atoms with Crippen molar-refractivity contribution >= 4 is 23.5 Å². The Hall–Kier alpha value is 0.620. The molecule has 0 bridgehead atoms.